The molecule has 3 rings (SSSR count). The van der Waals surface area contributed by atoms with Crippen LogP contribution in [-0.4, -0.2) is 15.0 Å². The van der Waals surface area contributed by atoms with Crippen LogP contribution in [0.25, 0.3) is 22.6 Å². The van der Waals surface area contributed by atoms with E-state index in [9.17, 15) is 0 Å². The van der Waals surface area contributed by atoms with Gasteiger partial charge in [-0.1, -0.05) is 30.3 Å². The number of benzene rings is 1. The molecule has 0 saturated heterocycles. The van der Waals surface area contributed by atoms with E-state index in [0.29, 0.717) is 0 Å². The van der Waals surface area contributed by atoms with Crippen molar-refractivity contribution in [1.29, 1.82) is 0 Å². The summed E-state index contributed by atoms with van der Waals surface area (Å²) in [5, 5.41) is 0. The van der Waals surface area contributed by atoms with Gasteiger partial charge in [-0.3, -0.25) is 4.98 Å². The molecule has 17 heavy (non-hydrogen) atoms. The first-order chi connectivity index (χ1) is 8.43. The quantitative estimate of drug-likeness (QED) is 0.722. The predicted octanol–water partition coefficient (Wildman–Crippen LogP) is 3.14. The number of H-pyrrole nitrogens is 1. The number of imidazole rings is 1. The molecule has 0 bridgehead atoms. The van der Waals surface area contributed by atoms with Crippen molar-refractivity contribution in [2.24, 2.45) is 0 Å². The summed E-state index contributed by atoms with van der Waals surface area (Å²) < 4.78 is 0. The number of pyridine rings is 1. The monoisotopic (exact) mass is 221 g/mol. The van der Waals surface area contributed by atoms with Crippen molar-refractivity contribution in [1.82, 2.24) is 15.0 Å². The molecule has 0 saturated carbocycles. The Morgan fingerprint density at radius 1 is 0.765 bits per heavy atom. The standard InChI is InChI=1S/C14H11N3/c1-2-8-15-13(3-1)11-4-6-12(7-5-11)14-16-9-10-17-14/h1-10H,(H,16,17). The van der Waals surface area contributed by atoms with Gasteiger partial charge < -0.3 is 4.98 Å². The van der Waals surface area contributed by atoms with Crippen LogP contribution in [0.1, 0.15) is 0 Å². The topological polar surface area (TPSA) is 41.6 Å². The summed E-state index contributed by atoms with van der Waals surface area (Å²) in [5.41, 5.74) is 3.18. The summed E-state index contributed by atoms with van der Waals surface area (Å²) in [4.78, 5) is 11.6. The van der Waals surface area contributed by atoms with Crippen LogP contribution < -0.4 is 0 Å². The highest BCUT2D eigenvalue weighted by molar-refractivity contribution is 5.64. The highest BCUT2D eigenvalue weighted by Gasteiger charge is 2.01. The molecule has 0 radical (unpaired) electrons. The average molecular weight is 221 g/mol. The smallest absolute Gasteiger partial charge is 0.137 e. The van der Waals surface area contributed by atoms with E-state index in [2.05, 4.69) is 27.1 Å². The number of aromatic amines is 1. The molecule has 2 heterocycles. The van der Waals surface area contributed by atoms with E-state index < -0.39 is 0 Å². The van der Waals surface area contributed by atoms with Crippen LogP contribution >= 0.6 is 0 Å². The minimum absolute atomic E-state index is 0.887. The number of rotatable bonds is 2. The SMILES string of the molecule is c1ccc(-c2ccc(-c3ncc[nH]3)cc2)nc1. The van der Waals surface area contributed by atoms with Gasteiger partial charge in [0.15, 0.2) is 0 Å². The maximum Gasteiger partial charge on any atom is 0.137 e. The lowest BCUT2D eigenvalue weighted by Gasteiger charge is -2.01. The number of nitrogens with one attached hydrogen (secondary N) is 1. The van der Waals surface area contributed by atoms with Gasteiger partial charge in [-0.05, 0) is 12.1 Å². The van der Waals surface area contributed by atoms with Gasteiger partial charge in [-0.15, -0.1) is 0 Å². The van der Waals surface area contributed by atoms with E-state index >= 15 is 0 Å². The third-order valence-electron chi connectivity index (χ3n) is 2.62. The second kappa shape index (κ2) is 4.22. The van der Waals surface area contributed by atoms with Gasteiger partial charge >= 0.3 is 0 Å². The van der Waals surface area contributed by atoms with Gasteiger partial charge in [0.25, 0.3) is 0 Å². The Balaban J connectivity index is 1.96. The molecule has 3 heteroatoms. The van der Waals surface area contributed by atoms with Gasteiger partial charge in [0, 0.05) is 29.7 Å². The Labute approximate surface area is 99.2 Å². The zero-order valence-electron chi connectivity index (χ0n) is 9.17. The molecule has 0 unspecified atom stereocenters. The van der Waals surface area contributed by atoms with Crippen molar-refractivity contribution in [3.05, 3.63) is 61.1 Å². The lowest BCUT2D eigenvalue weighted by atomic mass is 10.1. The Kier molecular flexibility index (Phi) is 2.43. The number of hydrogen-bond acceptors (Lipinski definition) is 2. The maximum atomic E-state index is 4.32. The van der Waals surface area contributed by atoms with Crippen molar-refractivity contribution in [3.63, 3.8) is 0 Å². The molecule has 1 N–H and O–H groups in total. The summed E-state index contributed by atoms with van der Waals surface area (Å²) in [6.45, 7) is 0. The van der Waals surface area contributed by atoms with Gasteiger partial charge in [-0.25, -0.2) is 4.98 Å². The summed E-state index contributed by atoms with van der Waals surface area (Å²) >= 11 is 0. The third kappa shape index (κ3) is 1.95. The van der Waals surface area contributed by atoms with E-state index in [1.807, 2.05) is 36.5 Å². The van der Waals surface area contributed by atoms with Gasteiger partial charge in [0.2, 0.25) is 0 Å². The predicted molar refractivity (Wildman–Crippen MR) is 67.3 cm³/mol. The van der Waals surface area contributed by atoms with E-state index in [1.165, 1.54) is 0 Å². The van der Waals surface area contributed by atoms with Crippen LogP contribution in [0.3, 0.4) is 0 Å². The van der Waals surface area contributed by atoms with Crippen LogP contribution in [0, 0.1) is 0 Å². The molecule has 0 atom stereocenters. The van der Waals surface area contributed by atoms with E-state index in [1.54, 1.807) is 12.4 Å². The minimum atomic E-state index is 0.887. The third-order valence-corrected chi connectivity index (χ3v) is 2.62. The van der Waals surface area contributed by atoms with Gasteiger partial charge in [-0.2, -0.15) is 0 Å². The first-order valence-electron chi connectivity index (χ1n) is 5.45. The van der Waals surface area contributed by atoms with Crippen molar-refractivity contribution in [2.75, 3.05) is 0 Å². The molecule has 3 nitrogen and oxygen atoms in total. The molecule has 0 aliphatic carbocycles. The lowest BCUT2D eigenvalue weighted by molar-refractivity contribution is 1.30. The molecule has 0 fully saturated rings. The molecular formula is C14H11N3. The van der Waals surface area contributed by atoms with Crippen LogP contribution in [0.15, 0.2) is 61.1 Å². The summed E-state index contributed by atoms with van der Waals surface area (Å²) in [6, 6.07) is 14.1. The lowest BCUT2D eigenvalue weighted by Crippen LogP contribution is -1.83. The first kappa shape index (κ1) is 9.78. The average Bonchev–Trinajstić information content (AvgIpc) is 2.94. The van der Waals surface area contributed by atoms with Crippen LogP contribution in [0.4, 0.5) is 0 Å². The largest absolute Gasteiger partial charge is 0.345 e. The first-order valence-corrected chi connectivity index (χ1v) is 5.45. The molecule has 1 aromatic carbocycles. The number of aromatic nitrogens is 3. The highest BCUT2D eigenvalue weighted by atomic mass is 14.9. The van der Waals surface area contributed by atoms with Gasteiger partial charge in [0.1, 0.15) is 5.82 Å². The Morgan fingerprint density at radius 2 is 1.59 bits per heavy atom. The Hall–Kier alpha value is -2.42. The maximum absolute atomic E-state index is 4.32. The fourth-order valence-corrected chi connectivity index (χ4v) is 1.76. The van der Waals surface area contributed by atoms with Crippen molar-refractivity contribution >= 4 is 0 Å². The number of hydrogen-bond donors (Lipinski definition) is 1. The molecule has 2 aromatic heterocycles. The van der Waals surface area contributed by atoms with E-state index in [0.717, 1.165) is 22.6 Å². The van der Waals surface area contributed by atoms with Crippen molar-refractivity contribution < 1.29 is 0 Å². The summed E-state index contributed by atoms with van der Waals surface area (Å²) in [5.74, 6) is 0.887. The van der Waals surface area contributed by atoms with Crippen LogP contribution in [0.2, 0.25) is 0 Å². The zero-order chi connectivity index (χ0) is 11.5. The van der Waals surface area contributed by atoms with Crippen molar-refractivity contribution in [2.45, 2.75) is 0 Å². The molecule has 0 aliphatic rings. The van der Waals surface area contributed by atoms with Crippen molar-refractivity contribution in [3.8, 4) is 22.6 Å². The van der Waals surface area contributed by atoms with Crippen LogP contribution in [0.5, 0.6) is 0 Å². The molecule has 3 aromatic rings. The Bertz CT molecular complexity index is 583. The fraction of sp³-hybridized carbons (Fsp3) is 0. The molecule has 0 amide bonds. The summed E-state index contributed by atoms with van der Waals surface area (Å²) in [6.07, 6.45) is 5.37. The molecule has 82 valence electrons. The molecular weight excluding hydrogens is 210 g/mol. The second-order valence-corrected chi connectivity index (χ2v) is 3.73. The highest BCUT2D eigenvalue weighted by Crippen LogP contribution is 2.20. The normalized spacial score (nSPS) is 10.4. The minimum Gasteiger partial charge on any atom is -0.345 e. The second-order valence-electron chi connectivity index (χ2n) is 3.73. The van der Waals surface area contributed by atoms with Crippen LogP contribution in [-0.2, 0) is 0 Å². The molecule has 0 aliphatic heterocycles. The zero-order valence-corrected chi connectivity index (χ0v) is 9.17. The number of nitrogens with zero attached hydrogens (tertiary/aromatic N) is 2. The van der Waals surface area contributed by atoms with E-state index in [4.69, 9.17) is 0 Å². The van der Waals surface area contributed by atoms with E-state index in [-0.39, 0.29) is 0 Å². The fourth-order valence-electron chi connectivity index (χ4n) is 1.76. The summed E-state index contributed by atoms with van der Waals surface area (Å²) in [7, 11) is 0. The van der Waals surface area contributed by atoms with Gasteiger partial charge in [0.05, 0.1) is 5.69 Å². The Morgan fingerprint density at radius 3 is 2.24 bits per heavy atom. The molecule has 0 spiro atoms.